The first-order valence-electron chi connectivity index (χ1n) is 9.23. The molecule has 1 aromatic carbocycles. The maximum Gasteiger partial charge on any atom is 0.323 e. The fourth-order valence-corrected chi connectivity index (χ4v) is 4.24. The van der Waals surface area contributed by atoms with Gasteiger partial charge in [0.15, 0.2) is 11.6 Å². The summed E-state index contributed by atoms with van der Waals surface area (Å²) < 4.78 is 1.71. The summed E-state index contributed by atoms with van der Waals surface area (Å²) in [6.45, 7) is 3.79. The third kappa shape index (κ3) is 3.08. The Kier molecular flexibility index (Phi) is 4.33. The Morgan fingerprint density at radius 2 is 1.90 bits per heavy atom. The van der Waals surface area contributed by atoms with Crippen LogP contribution >= 0.6 is 23.2 Å². The molecule has 0 atom stereocenters. The van der Waals surface area contributed by atoms with Gasteiger partial charge >= 0.3 is 6.03 Å². The molecule has 0 saturated carbocycles. The fourth-order valence-electron chi connectivity index (χ4n) is 3.73. The molecule has 2 aliphatic heterocycles. The first kappa shape index (κ1) is 18.2. The van der Waals surface area contributed by atoms with Crippen LogP contribution < -0.4 is 15.1 Å². The van der Waals surface area contributed by atoms with Crippen LogP contribution in [0, 0.1) is 6.92 Å². The lowest BCUT2D eigenvalue weighted by molar-refractivity contribution is 0.252. The zero-order valence-electron chi connectivity index (χ0n) is 15.6. The van der Waals surface area contributed by atoms with Crippen molar-refractivity contribution in [3.8, 4) is 5.82 Å². The molecule has 0 spiro atoms. The fraction of sp³-hybridized carbons (Fsp3) is 0.263. The van der Waals surface area contributed by atoms with Crippen LogP contribution in [-0.4, -0.2) is 45.4 Å². The van der Waals surface area contributed by atoms with Crippen molar-refractivity contribution in [3.63, 3.8) is 0 Å². The predicted octanol–water partition coefficient (Wildman–Crippen LogP) is 3.50. The summed E-state index contributed by atoms with van der Waals surface area (Å²) >= 11 is 12.5. The van der Waals surface area contributed by atoms with E-state index < -0.39 is 0 Å². The number of anilines is 3. The number of nitrogens with zero attached hydrogens (tertiary/aromatic N) is 6. The van der Waals surface area contributed by atoms with Gasteiger partial charge < -0.3 is 10.2 Å². The van der Waals surface area contributed by atoms with Crippen LogP contribution in [0.3, 0.4) is 0 Å². The third-order valence-electron chi connectivity index (χ3n) is 5.04. The topological polar surface area (TPSA) is 79.2 Å². The number of nitrogens with one attached hydrogen (secondary N) is 1. The van der Waals surface area contributed by atoms with Crippen LogP contribution in [0.2, 0.25) is 10.0 Å². The molecule has 1 N–H and O–H groups in total. The highest BCUT2D eigenvalue weighted by molar-refractivity contribution is 6.36. The molecule has 1 saturated heterocycles. The first-order chi connectivity index (χ1) is 14.0. The number of hydrogen-bond acceptors (Lipinski definition) is 5. The number of benzene rings is 1. The molecule has 2 aromatic heterocycles. The van der Waals surface area contributed by atoms with E-state index in [1.807, 2.05) is 31.3 Å². The lowest BCUT2D eigenvalue weighted by atomic mass is 10.2. The van der Waals surface area contributed by atoms with E-state index in [0.717, 1.165) is 30.0 Å². The van der Waals surface area contributed by atoms with Crippen molar-refractivity contribution in [3.05, 3.63) is 51.9 Å². The molecule has 2 amide bonds. The van der Waals surface area contributed by atoms with Gasteiger partial charge in [-0.1, -0.05) is 23.2 Å². The summed E-state index contributed by atoms with van der Waals surface area (Å²) in [5, 5.41) is 8.54. The van der Waals surface area contributed by atoms with Gasteiger partial charge in [-0.05, 0) is 31.5 Å². The molecule has 0 radical (unpaired) electrons. The molecule has 3 aromatic rings. The van der Waals surface area contributed by atoms with Gasteiger partial charge in [0.1, 0.15) is 11.6 Å². The number of halogens is 2. The largest absolute Gasteiger partial charge is 0.336 e. The minimum atomic E-state index is -0.136. The van der Waals surface area contributed by atoms with E-state index >= 15 is 0 Å². The maximum atomic E-state index is 11.9. The molecule has 29 heavy (non-hydrogen) atoms. The number of rotatable bonds is 3. The van der Waals surface area contributed by atoms with Gasteiger partial charge in [-0.3, -0.25) is 4.90 Å². The average molecular weight is 430 g/mol. The van der Waals surface area contributed by atoms with E-state index in [9.17, 15) is 4.79 Å². The number of aryl methyl sites for hydroxylation is 1. The van der Waals surface area contributed by atoms with Crippen LogP contribution in [0.1, 0.15) is 11.4 Å². The van der Waals surface area contributed by atoms with Gasteiger partial charge in [0.25, 0.3) is 0 Å². The lowest BCUT2D eigenvalue weighted by Gasteiger charge is -2.20. The van der Waals surface area contributed by atoms with E-state index in [4.69, 9.17) is 23.2 Å². The van der Waals surface area contributed by atoms with Gasteiger partial charge in [-0.25, -0.2) is 19.4 Å². The Labute approximate surface area is 177 Å². The molecule has 8 nitrogen and oxygen atoms in total. The van der Waals surface area contributed by atoms with Crippen LogP contribution in [-0.2, 0) is 6.42 Å². The zero-order valence-corrected chi connectivity index (χ0v) is 17.1. The molecule has 1 fully saturated rings. The minimum Gasteiger partial charge on any atom is -0.336 e. The summed E-state index contributed by atoms with van der Waals surface area (Å²) in [7, 11) is 0. The molecule has 0 aliphatic carbocycles. The predicted molar refractivity (Wildman–Crippen MR) is 112 cm³/mol. The van der Waals surface area contributed by atoms with Crippen molar-refractivity contribution in [1.82, 2.24) is 25.1 Å². The minimum absolute atomic E-state index is 0.136. The summed E-state index contributed by atoms with van der Waals surface area (Å²) in [4.78, 5) is 24.9. The van der Waals surface area contributed by atoms with E-state index in [2.05, 4.69) is 25.3 Å². The van der Waals surface area contributed by atoms with E-state index in [1.165, 1.54) is 0 Å². The zero-order chi connectivity index (χ0) is 20.1. The van der Waals surface area contributed by atoms with E-state index in [-0.39, 0.29) is 6.03 Å². The van der Waals surface area contributed by atoms with Crippen molar-refractivity contribution < 1.29 is 4.79 Å². The van der Waals surface area contributed by atoms with Crippen molar-refractivity contribution >= 4 is 46.6 Å². The number of carbonyl (C=O) groups is 1. The number of amides is 2. The van der Waals surface area contributed by atoms with E-state index in [1.54, 1.807) is 15.6 Å². The molecule has 148 valence electrons. The first-order valence-corrected chi connectivity index (χ1v) is 9.98. The third-order valence-corrected chi connectivity index (χ3v) is 5.58. The Hall–Kier alpha value is -2.84. The van der Waals surface area contributed by atoms with Crippen molar-refractivity contribution in [2.75, 3.05) is 29.4 Å². The number of aromatic nitrogens is 4. The number of carbonyl (C=O) groups excluding carboxylic acids is 1. The van der Waals surface area contributed by atoms with Crippen molar-refractivity contribution in [2.24, 2.45) is 0 Å². The molecular weight excluding hydrogens is 413 g/mol. The highest BCUT2D eigenvalue weighted by atomic mass is 35.5. The molecule has 5 rings (SSSR count). The Balaban J connectivity index is 1.56. The van der Waals surface area contributed by atoms with Gasteiger partial charge in [0.05, 0.1) is 10.7 Å². The standard InChI is InChI=1S/C19H17Cl2N7O/c1-11-23-17-13(4-7-26(17)15-3-2-12(20)10-14(15)21)18(24-11)28-8-5-16(25-28)27-9-6-22-19(27)29/h2-3,5,8,10H,4,6-7,9H2,1H3,(H,22,29). The molecular formula is C19H17Cl2N7O. The van der Waals surface area contributed by atoms with E-state index in [0.29, 0.717) is 40.6 Å². The molecule has 0 bridgehead atoms. The van der Waals surface area contributed by atoms with Gasteiger partial charge in [0.2, 0.25) is 0 Å². The second kappa shape index (κ2) is 6.89. The summed E-state index contributed by atoms with van der Waals surface area (Å²) in [5.74, 6) is 2.76. The highest BCUT2D eigenvalue weighted by Crippen LogP contribution is 2.39. The SMILES string of the molecule is Cc1nc2c(c(-n3ccc(N4CCNC4=O)n3)n1)CCN2c1ccc(Cl)cc1Cl. The van der Waals surface area contributed by atoms with Gasteiger partial charge in [-0.15, -0.1) is 5.10 Å². The van der Waals surface area contributed by atoms with Crippen LogP contribution in [0.4, 0.5) is 22.1 Å². The Bertz CT molecular complexity index is 1130. The highest BCUT2D eigenvalue weighted by Gasteiger charge is 2.29. The smallest absolute Gasteiger partial charge is 0.323 e. The van der Waals surface area contributed by atoms with Crippen LogP contribution in [0.5, 0.6) is 0 Å². The van der Waals surface area contributed by atoms with Crippen LogP contribution in [0.25, 0.3) is 5.82 Å². The van der Waals surface area contributed by atoms with Crippen LogP contribution in [0.15, 0.2) is 30.5 Å². The molecule has 2 aliphatic rings. The quantitative estimate of drug-likeness (QED) is 0.688. The normalized spacial score (nSPS) is 15.8. The summed E-state index contributed by atoms with van der Waals surface area (Å²) in [6, 6.07) is 7.12. The molecule has 4 heterocycles. The summed E-state index contributed by atoms with van der Waals surface area (Å²) in [6.07, 6.45) is 2.57. The summed E-state index contributed by atoms with van der Waals surface area (Å²) in [5.41, 5.74) is 1.84. The monoisotopic (exact) mass is 429 g/mol. The average Bonchev–Trinajstić information content (AvgIpc) is 3.40. The van der Waals surface area contributed by atoms with Gasteiger partial charge in [-0.2, -0.15) is 0 Å². The second-order valence-corrected chi connectivity index (χ2v) is 7.74. The number of fused-ring (bicyclic) bond motifs is 1. The Morgan fingerprint density at radius 1 is 1.07 bits per heavy atom. The lowest BCUT2D eigenvalue weighted by Crippen LogP contribution is -2.28. The van der Waals surface area contributed by atoms with Crippen molar-refractivity contribution in [2.45, 2.75) is 13.3 Å². The number of urea groups is 1. The van der Waals surface area contributed by atoms with Gasteiger partial charge in [0, 0.05) is 42.5 Å². The number of hydrogen-bond donors (Lipinski definition) is 1. The molecule has 10 heteroatoms. The maximum absolute atomic E-state index is 11.9. The van der Waals surface area contributed by atoms with Crippen molar-refractivity contribution in [1.29, 1.82) is 0 Å². The second-order valence-electron chi connectivity index (χ2n) is 6.90. The molecule has 0 unspecified atom stereocenters. The Morgan fingerprint density at radius 3 is 2.66 bits per heavy atom.